The SMILES string of the molecule is CCCCCCCCCCC/C=C\CCCCCCCC(=O)NC(COP(=O)([O-])OCC[N+](C)(C)C)C(O)/C=C/CCCCCCCCCCCCCCCCCCC. The van der Waals surface area contributed by atoms with Crippen molar-refractivity contribution in [3.05, 3.63) is 24.3 Å². The number of hydrogen-bond acceptors (Lipinski definition) is 6. The molecule has 0 heterocycles. The summed E-state index contributed by atoms with van der Waals surface area (Å²) < 4.78 is 23.3. The van der Waals surface area contributed by atoms with Crippen LogP contribution in [0.4, 0.5) is 0 Å². The van der Waals surface area contributed by atoms with E-state index in [0.29, 0.717) is 17.4 Å². The van der Waals surface area contributed by atoms with E-state index in [-0.39, 0.29) is 19.1 Å². The standard InChI is InChI=1S/C50H99N2O6P/c1-6-8-10-12-14-16-18-20-22-24-26-27-29-31-33-35-37-39-41-43-49(53)48(47-58-59(55,56)57-46-45-52(3,4)5)51-50(54)44-42-40-38-36-34-32-30-28-25-23-21-19-17-15-13-11-9-7-2/h28,30,41,43,48-49,53H,6-27,29,31-40,42,44-47H2,1-5H3,(H-,51,54,55,56)/b30-28-,43-41+. The number of phosphoric acid groups is 1. The molecule has 0 saturated heterocycles. The van der Waals surface area contributed by atoms with Crippen LogP contribution >= 0.6 is 7.82 Å². The fourth-order valence-corrected chi connectivity index (χ4v) is 8.11. The summed E-state index contributed by atoms with van der Waals surface area (Å²) in [5.41, 5.74) is 0. The number of phosphoric ester groups is 1. The minimum atomic E-state index is -4.59. The fourth-order valence-electron chi connectivity index (χ4n) is 7.38. The highest BCUT2D eigenvalue weighted by molar-refractivity contribution is 7.45. The molecule has 0 aromatic heterocycles. The molecule has 0 fully saturated rings. The molecule has 0 bridgehead atoms. The zero-order valence-electron chi connectivity index (χ0n) is 39.7. The van der Waals surface area contributed by atoms with Gasteiger partial charge in [0, 0.05) is 6.42 Å². The van der Waals surface area contributed by atoms with Crippen molar-refractivity contribution in [3.8, 4) is 0 Å². The molecular formula is C50H99N2O6P. The quantitative estimate of drug-likeness (QED) is 0.0273. The third-order valence-corrected chi connectivity index (χ3v) is 12.4. The number of unbranched alkanes of at least 4 members (excludes halogenated alkanes) is 31. The molecule has 3 unspecified atom stereocenters. The summed E-state index contributed by atoms with van der Waals surface area (Å²) in [5, 5.41) is 13.8. The number of nitrogens with zero attached hydrogens (tertiary/aromatic N) is 1. The minimum absolute atomic E-state index is 0.00123. The molecule has 0 aliphatic heterocycles. The first-order chi connectivity index (χ1) is 28.5. The number of hydrogen-bond donors (Lipinski definition) is 2. The van der Waals surface area contributed by atoms with Crippen LogP contribution in [0.2, 0.25) is 0 Å². The van der Waals surface area contributed by atoms with Gasteiger partial charge in [-0.3, -0.25) is 9.36 Å². The van der Waals surface area contributed by atoms with Crippen LogP contribution in [-0.4, -0.2) is 68.5 Å². The number of rotatable bonds is 46. The first kappa shape index (κ1) is 58.0. The maximum Gasteiger partial charge on any atom is 0.268 e. The topological polar surface area (TPSA) is 108 Å². The van der Waals surface area contributed by atoms with E-state index >= 15 is 0 Å². The van der Waals surface area contributed by atoms with E-state index in [9.17, 15) is 19.4 Å². The minimum Gasteiger partial charge on any atom is -0.756 e. The van der Waals surface area contributed by atoms with Gasteiger partial charge in [-0.2, -0.15) is 0 Å². The normalized spacial score (nSPS) is 14.4. The molecular weight excluding hydrogens is 756 g/mol. The van der Waals surface area contributed by atoms with Crippen molar-refractivity contribution in [2.75, 3.05) is 40.9 Å². The number of allylic oxidation sites excluding steroid dienone is 3. The van der Waals surface area contributed by atoms with Crippen LogP contribution in [0.15, 0.2) is 24.3 Å². The number of aliphatic hydroxyl groups is 1. The number of nitrogens with one attached hydrogen (secondary N) is 1. The predicted octanol–water partition coefficient (Wildman–Crippen LogP) is 13.8. The van der Waals surface area contributed by atoms with Gasteiger partial charge in [0.1, 0.15) is 13.2 Å². The average molecular weight is 855 g/mol. The lowest BCUT2D eigenvalue weighted by Crippen LogP contribution is -2.45. The van der Waals surface area contributed by atoms with Crippen LogP contribution in [0.1, 0.15) is 239 Å². The largest absolute Gasteiger partial charge is 0.756 e. The molecule has 2 N–H and O–H groups in total. The second-order valence-corrected chi connectivity index (χ2v) is 19.9. The summed E-state index contributed by atoms with van der Waals surface area (Å²) in [4.78, 5) is 25.4. The average Bonchev–Trinajstić information content (AvgIpc) is 3.19. The van der Waals surface area contributed by atoms with Crippen molar-refractivity contribution in [3.63, 3.8) is 0 Å². The van der Waals surface area contributed by atoms with Gasteiger partial charge in [-0.1, -0.05) is 212 Å². The fraction of sp³-hybridized carbons (Fsp3) is 0.900. The maximum atomic E-state index is 12.9. The van der Waals surface area contributed by atoms with Gasteiger partial charge < -0.3 is 28.8 Å². The van der Waals surface area contributed by atoms with E-state index in [1.807, 2.05) is 27.2 Å². The first-order valence-corrected chi connectivity index (χ1v) is 26.7. The van der Waals surface area contributed by atoms with Crippen LogP contribution in [0.5, 0.6) is 0 Å². The highest BCUT2D eigenvalue weighted by Gasteiger charge is 2.23. The highest BCUT2D eigenvalue weighted by atomic mass is 31.2. The molecule has 0 aliphatic carbocycles. The maximum absolute atomic E-state index is 12.9. The Kier molecular flexibility index (Phi) is 41.6. The predicted molar refractivity (Wildman–Crippen MR) is 252 cm³/mol. The lowest BCUT2D eigenvalue weighted by Gasteiger charge is -2.29. The van der Waals surface area contributed by atoms with Crippen LogP contribution < -0.4 is 10.2 Å². The highest BCUT2D eigenvalue weighted by Crippen LogP contribution is 2.38. The first-order valence-electron chi connectivity index (χ1n) is 25.2. The summed E-state index contributed by atoms with van der Waals surface area (Å²) in [6, 6.07) is -0.888. The van der Waals surface area contributed by atoms with Gasteiger partial charge in [0.05, 0.1) is 39.9 Å². The summed E-state index contributed by atoms with van der Waals surface area (Å²) >= 11 is 0. The number of amides is 1. The van der Waals surface area contributed by atoms with Crippen LogP contribution in [-0.2, 0) is 18.4 Å². The third kappa shape index (κ3) is 44.8. The Bertz CT molecular complexity index is 1020. The van der Waals surface area contributed by atoms with Crippen molar-refractivity contribution < 1.29 is 32.9 Å². The van der Waals surface area contributed by atoms with Gasteiger partial charge in [-0.25, -0.2) is 0 Å². The zero-order valence-corrected chi connectivity index (χ0v) is 40.6. The molecule has 1 amide bonds. The molecule has 0 rings (SSSR count). The van der Waals surface area contributed by atoms with Crippen LogP contribution in [0.3, 0.4) is 0 Å². The molecule has 0 saturated carbocycles. The zero-order chi connectivity index (χ0) is 43.6. The number of likely N-dealkylation sites (N-methyl/N-ethyl adjacent to an activating group) is 1. The second kappa shape index (κ2) is 42.3. The van der Waals surface area contributed by atoms with E-state index in [4.69, 9.17) is 9.05 Å². The van der Waals surface area contributed by atoms with E-state index in [0.717, 1.165) is 51.4 Å². The van der Waals surface area contributed by atoms with Gasteiger partial charge in [-0.05, 0) is 44.9 Å². The molecule has 0 aliphatic rings. The Labute approximate surface area is 366 Å². The van der Waals surface area contributed by atoms with Gasteiger partial charge in [-0.15, -0.1) is 0 Å². The molecule has 9 heteroatoms. The number of carbonyl (C=O) groups excluding carboxylic acids is 1. The monoisotopic (exact) mass is 855 g/mol. The van der Waals surface area contributed by atoms with E-state index < -0.39 is 20.0 Å². The summed E-state index contributed by atoms with van der Waals surface area (Å²) in [7, 11) is 1.26. The lowest BCUT2D eigenvalue weighted by atomic mass is 10.0. The summed E-state index contributed by atoms with van der Waals surface area (Å²) in [5.74, 6) is -0.203. The molecule has 0 spiro atoms. The van der Waals surface area contributed by atoms with Gasteiger partial charge in [0.2, 0.25) is 5.91 Å². The summed E-state index contributed by atoms with van der Waals surface area (Å²) in [6.45, 7) is 4.66. The molecule has 3 atom stereocenters. The number of quaternary nitrogens is 1. The van der Waals surface area contributed by atoms with Gasteiger partial charge in [0.15, 0.2) is 0 Å². The molecule has 8 nitrogen and oxygen atoms in total. The molecule has 0 aromatic rings. The number of carbonyl (C=O) groups is 1. The van der Waals surface area contributed by atoms with Gasteiger partial charge in [0.25, 0.3) is 7.82 Å². The molecule has 0 aromatic carbocycles. The van der Waals surface area contributed by atoms with Crippen molar-refractivity contribution in [2.24, 2.45) is 0 Å². The summed E-state index contributed by atoms with van der Waals surface area (Å²) in [6.07, 6.45) is 50.8. The van der Waals surface area contributed by atoms with Crippen LogP contribution in [0, 0.1) is 0 Å². The van der Waals surface area contributed by atoms with Crippen molar-refractivity contribution >= 4 is 13.7 Å². The second-order valence-electron chi connectivity index (χ2n) is 18.5. The molecule has 350 valence electrons. The van der Waals surface area contributed by atoms with E-state index in [1.54, 1.807) is 6.08 Å². The van der Waals surface area contributed by atoms with Crippen molar-refractivity contribution in [2.45, 2.75) is 251 Å². The molecule has 59 heavy (non-hydrogen) atoms. The smallest absolute Gasteiger partial charge is 0.268 e. The molecule has 0 radical (unpaired) electrons. The number of aliphatic hydroxyl groups excluding tert-OH is 1. The van der Waals surface area contributed by atoms with E-state index in [2.05, 4.69) is 31.3 Å². The Morgan fingerprint density at radius 1 is 0.576 bits per heavy atom. The Balaban J connectivity index is 4.34. The van der Waals surface area contributed by atoms with Crippen molar-refractivity contribution in [1.82, 2.24) is 5.32 Å². The van der Waals surface area contributed by atoms with Gasteiger partial charge >= 0.3 is 0 Å². The Morgan fingerprint density at radius 2 is 0.932 bits per heavy atom. The third-order valence-electron chi connectivity index (χ3n) is 11.4. The van der Waals surface area contributed by atoms with Crippen LogP contribution in [0.25, 0.3) is 0 Å². The Hall–Kier alpha value is -1.02. The lowest BCUT2D eigenvalue weighted by molar-refractivity contribution is -0.870. The van der Waals surface area contributed by atoms with E-state index in [1.165, 1.54) is 167 Å². The Morgan fingerprint density at radius 3 is 1.32 bits per heavy atom. The van der Waals surface area contributed by atoms with Crippen molar-refractivity contribution in [1.29, 1.82) is 0 Å².